The number of rotatable bonds is 11. The first-order valence-corrected chi connectivity index (χ1v) is 20.7. The highest BCUT2D eigenvalue weighted by Gasteiger charge is 2.78. The number of ketones is 1. The summed E-state index contributed by atoms with van der Waals surface area (Å²) < 4.78 is 30.5. The SMILES string of the molecule is CC(=O)O[C@H]1C(=O)[C@@]2(C)[C@H]([C@H](OC(=O)c3ccccc3)[C@]3(O)C[C@H](OC(=O)[C@@H](ON)[C@@H](NC(=O)c4ccccc4)c4ccccc4)C(C)=C1C3(C)C)[C@]1(OC(C)=O)CO[C@@H]1C[C@@H]2O. The van der Waals surface area contributed by atoms with Crippen molar-refractivity contribution < 1.29 is 67.5 Å². The molecule has 1 amide bonds. The molecular weight excluding hydrogens is 817 g/mol. The van der Waals surface area contributed by atoms with Crippen molar-refractivity contribution in [3.8, 4) is 0 Å². The monoisotopic (exact) mass is 868 g/mol. The van der Waals surface area contributed by atoms with E-state index < -0.39 is 113 Å². The first kappa shape index (κ1) is 45.3. The van der Waals surface area contributed by atoms with E-state index in [2.05, 4.69) is 5.32 Å². The highest BCUT2D eigenvalue weighted by atomic mass is 16.7. The second-order valence-corrected chi connectivity index (χ2v) is 17.5. The Morgan fingerprint density at radius 3 is 1.97 bits per heavy atom. The zero-order valence-electron chi connectivity index (χ0n) is 35.8. The van der Waals surface area contributed by atoms with E-state index in [1.54, 1.807) is 99.6 Å². The lowest BCUT2D eigenvalue weighted by Crippen LogP contribution is -2.82. The van der Waals surface area contributed by atoms with Crippen LogP contribution in [0.25, 0.3) is 0 Å². The minimum absolute atomic E-state index is 0.0117. The Hall–Kier alpha value is -5.78. The van der Waals surface area contributed by atoms with Crippen LogP contribution in [0.4, 0.5) is 0 Å². The van der Waals surface area contributed by atoms with Gasteiger partial charge in [0.05, 0.1) is 35.6 Å². The summed E-state index contributed by atoms with van der Waals surface area (Å²) in [5.74, 6) is -0.808. The Kier molecular flexibility index (Phi) is 12.3. The third-order valence-electron chi connectivity index (χ3n) is 13.6. The summed E-state index contributed by atoms with van der Waals surface area (Å²) in [6.45, 7) is 8.04. The van der Waals surface area contributed by atoms with Crippen molar-refractivity contribution in [2.75, 3.05) is 6.61 Å². The van der Waals surface area contributed by atoms with Crippen molar-refractivity contribution >= 4 is 35.6 Å². The van der Waals surface area contributed by atoms with Gasteiger partial charge in [0, 0.05) is 37.7 Å². The van der Waals surface area contributed by atoms with E-state index in [1.807, 2.05) is 0 Å². The number of amides is 1. The van der Waals surface area contributed by atoms with Crippen LogP contribution in [0.5, 0.6) is 0 Å². The van der Waals surface area contributed by atoms with E-state index in [4.69, 9.17) is 34.4 Å². The molecule has 4 aliphatic rings. The minimum Gasteiger partial charge on any atom is -0.456 e. The van der Waals surface area contributed by atoms with Gasteiger partial charge in [0.1, 0.15) is 23.9 Å². The average molecular weight is 869 g/mol. The predicted molar refractivity (Wildman–Crippen MR) is 221 cm³/mol. The maximum Gasteiger partial charge on any atom is 0.340 e. The molecule has 1 aliphatic heterocycles. The third kappa shape index (κ3) is 7.63. The van der Waals surface area contributed by atoms with Gasteiger partial charge in [0.15, 0.2) is 23.6 Å². The maximum atomic E-state index is 15.5. The van der Waals surface area contributed by atoms with Crippen LogP contribution >= 0.6 is 0 Å². The van der Waals surface area contributed by atoms with Gasteiger partial charge >= 0.3 is 23.9 Å². The normalized spacial score (nSPS) is 31.5. The maximum absolute atomic E-state index is 15.5. The first-order chi connectivity index (χ1) is 29.8. The standard InChI is InChI=1S/C47H52N2O14/c1-25-31(60-43(56)37(63-48)35(28-16-10-7-11-17-28)49-41(54)29-18-12-8-13-19-29)23-47(57)40(61-42(55)30-20-14-9-15-21-30)38-45(6,32(52)22-33-46(38,24-58-33)62-27(3)51)39(53)36(59-26(2)50)34(25)44(47,4)5/h7-21,31-33,35-38,40,52,57H,22-24,48H2,1-6H3,(H,49,54)/t31-,32-,33+,35-,36+,37-,38-,40-,45+,46-,47+/m0/s1. The molecule has 0 radical (unpaired) electrons. The van der Waals surface area contributed by atoms with Crippen LogP contribution in [-0.2, 0) is 47.7 Å². The van der Waals surface area contributed by atoms with Gasteiger partial charge in [0.2, 0.25) is 0 Å². The van der Waals surface area contributed by atoms with E-state index in [1.165, 1.54) is 19.1 Å². The summed E-state index contributed by atoms with van der Waals surface area (Å²) in [4.78, 5) is 89.3. The molecule has 1 heterocycles. The molecule has 3 aliphatic carbocycles. The highest BCUT2D eigenvalue weighted by molar-refractivity contribution is 5.96. The van der Waals surface area contributed by atoms with E-state index >= 15 is 4.79 Å². The van der Waals surface area contributed by atoms with Crippen molar-refractivity contribution in [1.82, 2.24) is 5.32 Å². The molecular formula is C47H52N2O14. The van der Waals surface area contributed by atoms with Crippen LogP contribution in [0.15, 0.2) is 102 Å². The molecule has 0 spiro atoms. The lowest BCUT2D eigenvalue weighted by molar-refractivity contribution is -0.346. The number of aliphatic hydroxyl groups is 2. The zero-order chi connectivity index (χ0) is 45.6. The molecule has 16 heteroatoms. The number of carbonyl (C=O) groups excluding carboxylic acids is 6. The van der Waals surface area contributed by atoms with Gasteiger partial charge in [-0.3, -0.25) is 24.0 Å². The molecule has 0 unspecified atom stereocenters. The molecule has 63 heavy (non-hydrogen) atoms. The topological polar surface area (TPSA) is 236 Å². The molecule has 3 aromatic carbocycles. The van der Waals surface area contributed by atoms with Crippen molar-refractivity contribution in [1.29, 1.82) is 0 Å². The fourth-order valence-electron chi connectivity index (χ4n) is 10.3. The highest BCUT2D eigenvalue weighted by Crippen LogP contribution is 2.64. The minimum atomic E-state index is -2.38. The number of Topliss-reactive ketones (excluding diaryl/α,β-unsaturated/α-hetero) is 1. The molecule has 334 valence electrons. The van der Waals surface area contributed by atoms with Crippen molar-refractivity contribution in [3.63, 3.8) is 0 Å². The number of ether oxygens (including phenoxy) is 5. The molecule has 2 saturated carbocycles. The molecule has 1 saturated heterocycles. The van der Waals surface area contributed by atoms with Crippen molar-refractivity contribution in [2.24, 2.45) is 22.6 Å². The molecule has 0 aromatic heterocycles. The number of esters is 4. The number of fused-ring (bicyclic) bond motifs is 5. The van der Waals surface area contributed by atoms with Crippen molar-refractivity contribution in [3.05, 3.63) is 119 Å². The van der Waals surface area contributed by atoms with Crippen LogP contribution < -0.4 is 11.2 Å². The fourth-order valence-corrected chi connectivity index (χ4v) is 10.3. The lowest BCUT2D eigenvalue weighted by Gasteiger charge is -2.67. The van der Waals surface area contributed by atoms with Gasteiger partial charge in [-0.15, -0.1) is 0 Å². The number of aliphatic hydroxyl groups excluding tert-OH is 1. The summed E-state index contributed by atoms with van der Waals surface area (Å²) in [5.41, 5.74) is -6.88. The van der Waals surface area contributed by atoms with Gasteiger partial charge in [-0.25, -0.2) is 15.5 Å². The molecule has 3 fully saturated rings. The molecule has 16 nitrogen and oxygen atoms in total. The summed E-state index contributed by atoms with van der Waals surface area (Å²) in [6.07, 6.45) is -10.1. The number of hydrogen-bond acceptors (Lipinski definition) is 15. The quantitative estimate of drug-likeness (QED) is 0.0932. The van der Waals surface area contributed by atoms with Gasteiger partial charge in [0.25, 0.3) is 5.91 Å². The van der Waals surface area contributed by atoms with Crippen molar-refractivity contribution in [2.45, 2.75) is 108 Å². The van der Waals surface area contributed by atoms with Crippen LogP contribution in [0, 0.1) is 16.7 Å². The number of nitrogens with one attached hydrogen (secondary N) is 1. The van der Waals surface area contributed by atoms with E-state index in [0.29, 0.717) is 5.56 Å². The van der Waals surface area contributed by atoms with Gasteiger partial charge in [-0.05, 0) is 54.8 Å². The molecule has 7 rings (SSSR count). The zero-order valence-corrected chi connectivity index (χ0v) is 35.8. The second kappa shape index (κ2) is 17.1. The largest absolute Gasteiger partial charge is 0.456 e. The van der Waals surface area contributed by atoms with Gasteiger partial charge < -0.3 is 39.2 Å². The Balaban J connectivity index is 1.40. The van der Waals surface area contributed by atoms with Crippen LogP contribution in [0.3, 0.4) is 0 Å². The smallest absolute Gasteiger partial charge is 0.340 e. The third-order valence-corrected chi connectivity index (χ3v) is 13.6. The average Bonchev–Trinajstić information content (AvgIpc) is 3.25. The Morgan fingerprint density at radius 1 is 0.841 bits per heavy atom. The number of benzene rings is 3. The van der Waals surface area contributed by atoms with E-state index in [-0.39, 0.29) is 35.3 Å². The number of nitrogens with two attached hydrogens (primary N) is 1. The Bertz CT molecular complexity index is 2300. The van der Waals surface area contributed by atoms with Crippen LogP contribution in [0.1, 0.15) is 86.7 Å². The van der Waals surface area contributed by atoms with Gasteiger partial charge in [-0.1, -0.05) is 80.6 Å². The number of hydrogen-bond donors (Lipinski definition) is 4. The summed E-state index contributed by atoms with van der Waals surface area (Å²) in [7, 11) is 0. The van der Waals surface area contributed by atoms with E-state index in [9.17, 15) is 34.2 Å². The first-order valence-electron chi connectivity index (χ1n) is 20.7. The fraction of sp³-hybridized carbons (Fsp3) is 0.447. The number of carbonyl (C=O) groups is 6. The summed E-state index contributed by atoms with van der Waals surface area (Å²) in [6, 6.07) is 23.3. The molecule has 2 bridgehead atoms. The second-order valence-electron chi connectivity index (χ2n) is 17.5. The molecule has 3 aromatic rings. The Morgan fingerprint density at radius 2 is 1.43 bits per heavy atom. The lowest BCUT2D eigenvalue weighted by atomic mass is 9.44. The van der Waals surface area contributed by atoms with E-state index in [0.717, 1.165) is 13.8 Å². The molecule has 5 N–H and O–H groups in total. The Labute approximate surface area is 363 Å². The van der Waals surface area contributed by atoms with Crippen LogP contribution in [0.2, 0.25) is 0 Å². The van der Waals surface area contributed by atoms with Gasteiger partial charge in [-0.2, -0.15) is 0 Å². The molecule has 11 atom stereocenters. The van der Waals surface area contributed by atoms with Crippen LogP contribution in [-0.4, -0.2) is 100 Å². The predicted octanol–water partition coefficient (Wildman–Crippen LogP) is 3.63. The summed E-state index contributed by atoms with van der Waals surface area (Å²) >= 11 is 0. The summed E-state index contributed by atoms with van der Waals surface area (Å²) in [5, 5.41) is 28.6.